The molecule has 6 aromatic rings. The van der Waals surface area contributed by atoms with Crippen LogP contribution < -0.4 is 5.56 Å². The molecule has 3 heterocycles. The maximum atomic E-state index is 12.8. The summed E-state index contributed by atoms with van der Waals surface area (Å²) in [5.41, 5.74) is 6.18. The molecule has 0 spiro atoms. The van der Waals surface area contributed by atoms with Crippen LogP contribution in [-0.4, -0.2) is 36.0 Å². The predicted octanol–water partition coefficient (Wildman–Crippen LogP) is 7.79. The molecule has 8 nitrogen and oxygen atoms in total. The molecule has 0 saturated carbocycles. The minimum Gasteiger partial charge on any atom is -0.479 e. The number of aliphatic carboxylic acids is 1. The molecule has 3 aromatic heterocycles. The van der Waals surface area contributed by atoms with Crippen molar-refractivity contribution in [3.8, 4) is 33.0 Å². The van der Waals surface area contributed by atoms with E-state index >= 15 is 0 Å². The van der Waals surface area contributed by atoms with Crippen molar-refractivity contribution >= 4 is 50.0 Å². The van der Waals surface area contributed by atoms with Gasteiger partial charge in [0.25, 0.3) is 5.56 Å². The van der Waals surface area contributed by atoms with Crippen molar-refractivity contribution in [2.75, 3.05) is 0 Å². The molecule has 44 heavy (non-hydrogen) atoms. The summed E-state index contributed by atoms with van der Waals surface area (Å²) >= 11 is 7.72. The van der Waals surface area contributed by atoms with Crippen LogP contribution in [0.1, 0.15) is 38.0 Å². The first-order chi connectivity index (χ1) is 20.8. The Bertz CT molecular complexity index is 2140. The van der Waals surface area contributed by atoms with Crippen LogP contribution in [0, 0.1) is 6.92 Å². The number of carboxylic acid groups (broad SMARTS) is 1. The van der Waals surface area contributed by atoms with Crippen LogP contribution in [0.2, 0.25) is 5.02 Å². The second kappa shape index (κ2) is 11.0. The van der Waals surface area contributed by atoms with Crippen LogP contribution >= 0.6 is 22.9 Å². The molecule has 0 fully saturated rings. The van der Waals surface area contributed by atoms with Crippen LogP contribution in [0.3, 0.4) is 0 Å². The van der Waals surface area contributed by atoms with Crippen molar-refractivity contribution in [1.82, 2.24) is 19.3 Å². The summed E-state index contributed by atoms with van der Waals surface area (Å²) in [6.07, 6.45) is 0.544. The molecule has 0 unspecified atom stereocenters. The standard InChI is InChI=1S/C34H31ClN4O4S/c1-18-15-25-30(28(19-7-10-22(35)11-8-19)27(18)29(33(41)42)43-34(2,3)4)44-31(37-25)21-13-14-36-24(17-21)20-9-12-26-23(16-20)32(40)39(6)38(26)5/h7-17,29H,1-6H3,(H,41,42)/t29-/m0/s1. The summed E-state index contributed by atoms with van der Waals surface area (Å²) in [5, 5.41) is 12.3. The lowest BCUT2D eigenvalue weighted by Gasteiger charge is -2.28. The summed E-state index contributed by atoms with van der Waals surface area (Å²) in [4.78, 5) is 35.0. The maximum absolute atomic E-state index is 12.8. The van der Waals surface area contributed by atoms with Crippen molar-refractivity contribution in [1.29, 1.82) is 0 Å². The van der Waals surface area contributed by atoms with Gasteiger partial charge in [-0.25, -0.2) is 9.78 Å². The highest BCUT2D eigenvalue weighted by molar-refractivity contribution is 7.22. The number of hydrogen-bond acceptors (Lipinski definition) is 6. The fourth-order valence-corrected chi connectivity index (χ4v) is 6.75. The van der Waals surface area contributed by atoms with Crippen molar-refractivity contribution in [3.05, 3.63) is 93.4 Å². The number of carboxylic acids is 1. The zero-order valence-corrected chi connectivity index (χ0v) is 26.7. The van der Waals surface area contributed by atoms with E-state index in [0.717, 1.165) is 48.6 Å². The smallest absolute Gasteiger partial charge is 0.337 e. The van der Waals surface area contributed by atoms with Crippen LogP contribution in [0.4, 0.5) is 0 Å². The van der Waals surface area contributed by atoms with Crippen molar-refractivity contribution in [2.45, 2.75) is 39.4 Å². The first kappa shape index (κ1) is 29.7. The van der Waals surface area contributed by atoms with E-state index in [4.69, 9.17) is 21.3 Å². The van der Waals surface area contributed by atoms with Crippen molar-refractivity contribution in [3.63, 3.8) is 0 Å². The van der Waals surface area contributed by atoms with Gasteiger partial charge in [-0.15, -0.1) is 11.3 Å². The van der Waals surface area contributed by atoms with Gasteiger partial charge in [0.2, 0.25) is 0 Å². The van der Waals surface area contributed by atoms with Gasteiger partial charge in [-0.2, -0.15) is 0 Å². The van der Waals surface area contributed by atoms with E-state index in [-0.39, 0.29) is 5.56 Å². The molecule has 0 bridgehead atoms. The van der Waals surface area contributed by atoms with Crippen LogP contribution in [-0.2, 0) is 23.6 Å². The number of ether oxygens (including phenoxy) is 1. The summed E-state index contributed by atoms with van der Waals surface area (Å²) in [7, 11) is 3.60. The molecular formula is C34H31ClN4O4S. The molecule has 0 saturated heterocycles. The number of nitrogens with zero attached hydrogens (tertiary/aromatic N) is 4. The quantitative estimate of drug-likeness (QED) is 0.203. The average molecular weight is 627 g/mol. The van der Waals surface area contributed by atoms with E-state index < -0.39 is 17.7 Å². The number of thiazole rings is 1. The Morgan fingerprint density at radius 3 is 2.36 bits per heavy atom. The van der Waals surface area contributed by atoms with Crippen LogP contribution in [0.25, 0.3) is 54.1 Å². The molecule has 6 rings (SSSR count). The molecule has 0 radical (unpaired) electrons. The van der Waals surface area contributed by atoms with Gasteiger partial charge in [0, 0.05) is 47.6 Å². The Kier molecular flexibility index (Phi) is 7.44. The topological polar surface area (TPSA) is 99.2 Å². The predicted molar refractivity (Wildman–Crippen MR) is 176 cm³/mol. The fraction of sp³-hybridized carbons (Fsp3) is 0.235. The highest BCUT2D eigenvalue weighted by Crippen LogP contribution is 2.44. The van der Waals surface area contributed by atoms with E-state index in [9.17, 15) is 14.7 Å². The highest BCUT2D eigenvalue weighted by atomic mass is 35.5. The number of carbonyl (C=O) groups is 1. The summed E-state index contributed by atoms with van der Waals surface area (Å²) in [5.74, 6) is -1.06. The van der Waals surface area contributed by atoms with E-state index in [2.05, 4.69) is 4.98 Å². The lowest BCUT2D eigenvalue weighted by molar-refractivity contribution is -0.160. The van der Waals surface area contributed by atoms with Gasteiger partial charge in [-0.3, -0.25) is 19.1 Å². The molecular weight excluding hydrogens is 596 g/mol. The van der Waals surface area contributed by atoms with E-state index in [1.54, 1.807) is 30.1 Å². The number of rotatable bonds is 6. The van der Waals surface area contributed by atoms with E-state index in [1.807, 2.05) is 88.0 Å². The first-order valence-electron chi connectivity index (χ1n) is 14.1. The SMILES string of the molecule is Cc1cc2nc(-c3ccnc(-c4ccc5c(c4)c(=O)n(C)n5C)c3)sc2c(-c2ccc(Cl)cc2)c1[C@H](OC(C)(C)C)C(=O)O. The summed E-state index contributed by atoms with van der Waals surface area (Å²) < 4.78 is 10.4. The molecule has 10 heteroatoms. The zero-order valence-electron chi connectivity index (χ0n) is 25.2. The molecule has 0 aliphatic carbocycles. The number of pyridine rings is 1. The molecule has 0 aliphatic heterocycles. The van der Waals surface area contributed by atoms with Gasteiger partial charge >= 0.3 is 5.97 Å². The molecule has 3 aromatic carbocycles. The van der Waals surface area contributed by atoms with E-state index in [0.29, 0.717) is 21.7 Å². The lowest BCUT2D eigenvalue weighted by Crippen LogP contribution is -2.28. The average Bonchev–Trinajstić information content (AvgIpc) is 3.50. The van der Waals surface area contributed by atoms with Crippen LogP contribution in [0.15, 0.2) is 71.7 Å². The fourth-order valence-electron chi connectivity index (χ4n) is 5.50. The number of halogens is 1. The van der Waals surface area contributed by atoms with Crippen molar-refractivity contribution in [2.24, 2.45) is 14.1 Å². The Morgan fingerprint density at radius 2 is 1.68 bits per heavy atom. The van der Waals surface area contributed by atoms with Gasteiger partial charge in [0.1, 0.15) is 5.01 Å². The molecule has 0 aliphatic rings. The van der Waals surface area contributed by atoms with Crippen LogP contribution in [0.5, 0.6) is 0 Å². The van der Waals surface area contributed by atoms with Gasteiger partial charge in [-0.1, -0.05) is 29.8 Å². The first-order valence-corrected chi connectivity index (χ1v) is 15.2. The second-order valence-electron chi connectivity index (χ2n) is 11.8. The molecule has 0 amide bonds. The summed E-state index contributed by atoms with van der Waals surface area (Å²) in [6.45, 7) is 7.43. The number of aromatic nitrogens is 4. The molecule has 224 valence electrons. The number of hydrogen-bond donors (Lipinski definition) is 1. The van der Waals surface area contributed by atoms with E-state index in [1.165, 1.54) is 11.3 Å². The van der Waals surface area contributed by atoms with Gasteiger partial charge in [0.05, 0.1) is 32.4 Å². The summed E-state index contributed by atoms with van der Waals surface area (Å²) in [6, 6.07) is 18.9. The number of aryl methyl sites for hydroxylation is 2. The monoisotopic (exact) mass is 626 g/mol. The van der Waals surface area contributed by atoms with Gasteiger partial charge in [-0.05, 0) is 81.3 Å². The normalized spacial score (nSPS) is 12.7. The van der Waals surface area contributed by atoms with Gasteiger partial charge in [0.15, 0.2) is 6.10 Å². The van der Waals surface area contributed by atoms with Crippen molar-refractivity contribution < 1.29 is 14.6 Å². The van der Waals surface area contributed by atoms with Gasteiger partial charge < -0.3 is 9.84 Å². The molecule has 1 N–H and O–H groups in total. The largest absolute Gasteiger partial charge is 0.479 e. The Hall–Kier alpha value is -4.31. The third-order valence-corrected chi connectivity index (χ3v) is 9.03. The number of benzene rings is 3. The Labute approximate surface area is 263 Å². The minimum absolute atomic E-state index is 0.0670. The number of fused-ring (bicyclic) bond motifs is 2. The highest BCUT2D eigenvalue weighted by Gasteiger charge is 2.32. The third kappa shape index (κ3) is 5.32. The lowest BCUT2D eigenvalue weighted by atomic mass is 9.91. The Morgan fingerprint density at radius 1 is 0.977 bits per heavy atom. The Balaban J connectivity index is 1.53. The third-order valence-electron chi connectivity index (χ3n) is 7.64. The maximum Gasteiger partial charge on any atom is 0.337 e. The minimum atomic E-state index is -1.19. The second-order valence-corrected chi connectivity index (χ2v) is 13.3. The molecule has 1 atom stereocenters. The zero-order chi connectivity index (χ0) is 31.5.